The van der Waals surface area contributed by atoms with Crippen LogP contribution < -0.4 is 0 Å². The van der Waals surface area contributed by atoms with Gasteiger partial charge in [0.05, 0.1) is 38.6 Å². The lowest BCUT2D eigenvalue weighted by molar-refractivity contribution is -0.146. The largest absolute Gasteiger partial charge is 0.508 e. The van der Waals surface area contributed by atoms with Gasteiger partial charge in [-0.15, -0.1) is 0 Å². The van der Waals surface area contributed by atoms with Crippen molar-refractivity contribution >= 4 is 36.6 Å². The molecule has 8 unspecified atom stereocenters. The van der Waals surface area contributed by atoms with Gasteiger partial charge in [-0.1, -0.05) is 13.2 Å². The summed E-state index contributed by atoms with van der Waals surface area (Å²) in [5.74, 6) is -1.16. The maximum Gasteiger partial charge on any atom is 0.508 e. The molecule has 0 aliphatic carbocycles. The molecule has 8 atom stereocenters. The smallest absolute Gasteiger partial charge is 0.456 e. The van der Waals surface area contributed by atoms with Crippen molar-refractivity contribution in [3.63, 3.8) is 0 Å². The highest BCUT2D eigenvalue weighted by atomic mass is 16.8. The van der Waals surface area contributed by atoms with Crippen LogP contribution in [0, 0.1) is 0 Å². The van der Waals surface area contributed by atoms with E-state index in [2.05, 4.69) is 22.6 Å². The van der Waals surface area contributed by atoms with E-state index in [1.165, 1.54) is 27.7 Å². The lowest BCUT2D eigenvalue weighted by Gasteiger charge is -2.18. The Morgan fingerprint density at radius 2 is 0.607 bits per heavy atom. The van der Waals surface area contributed by atoms with Gasteiger partial charge in [-0.05, 0) is 69.2 Å². The third-order valence-corrected chi connectivity index (χ3v) is 5.67. The van der Waals surface area contributed by atoms with Crippen molar-refractivity contribution in [1.82, 2.24) is 0 Å². The Kier molecular flexibility index (Phi) is 29.2. The van der Waals surface area contributed by atoms with Crippen molar-refractivity contribution in [2.24, 2.45) is 0 Å². The number of carbonyl (C=O) groups is 6. The van der Waals surface area contributed by atoms with Crippen molar-refractivity contribution in [2.45, 2.75) is 118 Å². The molecule has 0 aliphatic rings. The van der Waals surface area contributed by atoms with Gasteiger partial charge >= 0.3 is 36.6 Å². The number of esters is 2. The van der Waals surface area contributed by atoms with Crippen molar-refractivity contribution in [3.8, 4) is 0 Å². The number of carbonyl (C=O) groups excluding carboxylic acids is 6. The first-order chi connectivity index (χ1) is 26.0. The molecule has 0 spiro atoms. The normalized spacial score (nSPS) is 14.8. The minimum Gasteiger partial charge on any atom is -0.456 e. The molecule has 0 heterocycles. The quantitative estimate of drug-likeness (QED) is 0.0795. The molecule has 0 radical (unpaired) electrons. The maximum absolute atomic E-state index is 11.7. The van der Waals surface area contributed by atoms with Gasteiger partial charge in [0.25, 0.3) is 0 Å². The molecule has 20 heteroatoms. The number of rotatable bonds is 24. The van der Waals surface area contributed by atoms with Gasteiger partial charge in [-0.2, -0.15) is 0 Å². The fourth-order valence-electron chi connectivity index (χ4n) is 3.11. The summed E-state index contributed by atoms with van der Waals surface area (Å²) >= 11 is 0. The molecule has 0 aromatic heterocycles. The van der Waals surface area contributed by atoms with Gasteiger partial charge in [0, 0.05) is 11.1 Å². The van der Waals surface area contributed by atoms with Crippen molar-refractivity contribution < 1.29 is 95.8 Å². The molecule has 0 saturated heterocycles. The van der Waals surface area contributed by atoms with Gasteiger partial charge in [0.1, 0.15) is 63.1 Å². The second-order valence-corrected chi connectivity index (χ2v) is 12.7. The topological polar surface area (TPSA) is 254 Å². The maximum atomic E-state index is 11.7. The number of hydrogen-bond acceptors (Lipinski definition) is 20. The van der Waals surface area contributed by atoms with Crippen LogP contribution in [0.5, 0.6) is 0 Å². The molecule has 0 saturated carbocycles. The lowest BCUT2D eigenvalue weighted by atomic mass is 10.3. The van der Waals surface area contributed by atoms with E-state index in [9.17, 15) is 28.8 Å². The number of ether oxygens (including phenoxy) is 12. The molecule has 0 aliphatic heterocycles. The van der Waals surface area contributed by atoms with E-state index in [1.807, 2.05) is 0 Å². The zero-order chi connectivity index (χ0) is 43.4. The standard InChI is InChI=1S/C22H34O11.C14H26O9/c1-13(2)19(23)30-17(7)11-28-21(25)32-15(5)9-27-10-16(6)33-22(26)29-12-18(8)31-20(24)14(3)4;1-9(15)5-20-13(17)22-11(3)7-19-8-12(4)23-14(18)21-6-10(2)16/h15-18H,1,3,9-12H2,2,4-8H3;9-12,15-16H,5-8H2,1-4H3. The van der Waals surface area contributed by atoms with Crippen LogP contribution >= 0.6 is 0 Å². The van der Waals surface area contributed by atoms with E-state index >= 15 is 0 Å². The van der Waals surface area contributed by atoms with E-state index in [-0.39, 0.29) is 64.0 Å². The average Bonchev–Trinajstić information content (AvgIpc) is 3.08. The first-order valence-corrected chi connectivity index (χ1v) is 17.6. The molecule has 324 valence electrons. The fourth-order valence-corrected chi connectivity index (χ4v) is 3.11. The van der Waals surface area contributed by atoms with Crippen LogP contribution in [-0.4, -0.2) is 148 Å². The third kappa shape index (κ3) is 32.7. The van der Waals surface area contributed by atoms with Crippen LogP contribution in [0.1, 0.15) is 69.2 Å². The Morgan fingerprint density at radius 3 is 0.821 bits per heavy atom. The van der Waals surface area contributed by atoms with Crippen LogP contribution in [0.3, 0.4) is 0 Å². The molecule has 0 rings (SSSR count). The highest BCUT2D eigenvalue weighted by Gasteiger charge is 2.19. The summed E-state index contributed by atoms with van der Waals surface area (Å²) in [5.41, 5.74) is 0.473. The monoisotopic (exact) mass is 812 g/mol. The SMILES string of the molecule is C=C(C)C(=O)OC(C)COC(=O)OC(C)COCC(C)OC(=O)OCC(C)OC(=O)C(=C)C.CC(O)COC(=O)OC(C)COCC(C)OC(=O)OCC(C)O. The molecule has 20 nitrogen and oxygen atoms in total. The minimum atomic E-state index is -0.946. The summed E-state index contributed by atoms with van der Waals surface area (Å²) in [6.07, 6.45) is -8.95. The predicted molar refractivity (Wildman–Crippen MR) is 193 cm³/mol. The zero-order valence-electron chi connectivity index (χ0n) is 33.9. The predicted octanol–water partition coefficient (Wildman–Crippen LogP) is 3.95. The highest BCUT2D eigenvalue weighted by molar-refractivity contribution is 5.87. The summed E-state index contributed by atoms with van der Waals surface area (Å²) < 4.78 is 59.3. The van der Waals surface area contributed by atoms with Crippen LogP contribution in [0.4, 0.5) is 19.2 Å². The Balaban J connectivity index is 0. The van der Waals surface area contributed by atoms with E-state index in [0.717, 1.165) is 0 Å². The van der Waals surface area contributed by atoms with E-state index < -0.39 is 85.4 Å². The zero-order valence-corrected chi connectivity index (χ0v) is 33.9. The van der Waals surface area contributed by atoms with Crippen molar-refractivity contribution in [1.29, 1.82) is 0 Å². The molecule has 0 amide bonds. The van der Waals surface area contributed by atoms with Gasteiger partial charge in [0.2, 0.25) is 0 Å². The highest BCUT2D eigenvalue weighted by Crippen LogP contribution is 2.05. The second kappa shape index (κ2) is 30.5. The Bertz CT molecular complexity index is 1130. The molecule has 0 aromatic rings. The lowest BCUT2D eigenvalue weighted by Crippen LogP contribution is -2.28. The first-order valence-electron chi connectivity index (χ1n) is 17.6. The second-order valence-electron chi connectivity index (χ2n) is 12.7. The van der Waals surface area contributed by atoms with E-state index in [4.69, 9.17) is 57.6 Å². The average molecular weight is 813 g/mol. The van der Waals surface area contributed by atoms with Gasteiger partial charge in [-0.25, -0.2) is 28.8 Å². The molecule has 56 heavy (non-hydrogen) atoms. The molecule has 2 N–H and O–H groups in total. The fraction of sp³-hybridized carbons (Fsp3) is 0.722. The first kappa shape index (κ1) is 53.4. The molecule has 0 aromatic carbocycles. The molecule has 0 bridgehead atoms. The third-order valence-electron chi connectivity index (χ3n) is 5.67. The van der Waals surface area contributed by atoms with Crippen LogP contribution in [-0.2, 0) is 66.4 Å². The Morgan fingerprint density at radius 1 is 0.393 bits per heavy atom. The minimum absolute atomic E-state index is 0.0198. The van der Waals surface area contributed by atoms with Crippen LogP contribution in [0.15, 0.2) is 24.3 Å². The summed E-state index contributed by atoms with van der Waals surface area (Å²) in [7, 11) is 0. The molecular weight excluding hydrogens is 752 g/mol. The van der Waals surface area contributed by atoms with Crippen LogP contribution in [0.2, 0.25) is 0 Å². The van der Waals surface area contributed by atoms with Gasteiger partial charge in [0.15, 0.2) is 0 Å². The Labute approximate surface area is 327 Å². The van der Waals surface area contributed by atoms with Crippen molar-refractivity contribution in [3.05, 3.63) is 24.3 Å². The summed E-state index contributed by atoms with van der Waals surface area (Å²) in [5, 5.41) is 17.9. The Hall–Kier alpha value is -4.66. The summed E-state index contributed by atoms with van der Waals surface area (Å²) in [6.45, 7) is 21.9. The van der Waals surface area contributed by atoms with Gasteiger partial charge < -0.3 is 67.1 Å². The van der Waals surface area contributed by atoms with Crippen molar-refractivity contribution in [2.75, 3.05) is 52.9 Å². The van der Waals surface area contributed by atoms with E-state index in [1.54, 1.807) is 41.5 Å². The molecule has 0 fully saturated rings. The number of hydrogen-bond donors (Lipinski definition) is 2. The number of aliphatic hydroxyl groups excluding tert-OH is 2. The summed E-state index contributed by atoms with van der Waals surface area (Å²) in [4.78, 5) is 68.5. The van der Waals surface area contributed by atoms with Crippen LogP contribution in [0.25, 0.3) is 0 Å². The number of aliphatic hydroxyl groups is 2. The van der Waals surface area contributed by atoms with Gasteiger partial charge in [-0.3, -0.25) is 0 Å². The summed E-state index contributed by atoms with van der Waals surface area (Å²) in [6, 6.07) is 0. The van der Waals surface area contributed by atoms with E-state index in [0.29, 0.717) is 0 Å². The molecular formula is C36H60O20.